The summed E-state index contributed by atoms with van der Waals surface area (Å²) in [6, 6.07) is 20.4. The Morgan fingerprint density at radius 2 is 1.40 bits per heavy atom. The minimum Gasteiger partial charge on any atom is -0.459 e. The molecule has 2 unspecified atom stereocenters. The average Bonchev–Trinajstić information content (AvgIpc) is 2.84. The van der Waals surface area contributed by atoms with E-state index in [2.05, 4.69) is 29.2 Å². The maximum atomic E-state index is 13.4. The molecule has 4 nitrogen and oxygen atoms in total. The van der Waals surface area contributed by atoms with Gasteiger partial charge < -0.3 is 9.84 Å². The molecule has 2 aromatic rings. The molecule has 2 atom stereocenters. The number of esters is 1. The van der Waals surface area contributed by atoms with E-state index in [4.69, 9.17) is 4.74 Å². The van der Waals surface area contributed by atoms with Crippen molar-refractivity contribution in [2.75, 3.05) is 0 Å². The molecule has 1 fully saturated rings. The van der Waals surface area contributed by atoms with Gasteiger partial charge in [-0.2, -0.15) is 0 Å². The van der Waals surface area contributed by atoms with Gasteiger partial charge in [0.15, 0.2) is 0 Å². The molecule has 4 heteroatoms. The van der Waals surface area contributed by atoms with Crippen LogP contribution < -0.4 is 0 Å². The Morgan fingerprint density at radius 3 is 1.91 bits per heavy atom. The molecule has 0 saturated heterocycles. The number of aliphatic hydroxyl groups is 1. The Bertz CT molecular complexity index is 814. The lowest BCUT2D eigenvalue weighted by Crippen LogP contribution is -2.43. The second-order valence-electron chi connectivity index (χ2n) is 11.2. The number of nitrogens with zero attached hydrogens (tertiary/aromatic N) is 1. The third-order valence-corrected chi connectivity index (χ3v) is 7.00. The van der Waals surface area contributed by atoms with Crippen LogP contribution >= 0.6 is 0 Å². The van der Waals surface area contributed by atoms with Crippen LogP contribution in [-0.2, 0) is 22.6 Å². The lowest BCUT2D eigenvalue weighted by Gasteiger charge is -2.33. The van der Waals surface area contributed by atoms with E-state index in [-0.39, 0.29) is 18.1 Å². The Hall–Kier alpha value is -2.17. The van der Waals surface area contributed by atoms with E-state index in [9.17, 15) is 9.90 Å². The number of aliphatic hydroxyl groups excluding tert-OH is 1. The summed E-state index contributed by atoms with van der Waals surface area (Å²) in [5.74, 6) is 0.301. The largest absolute Gasteiger partial charge is 0.459 e. The highest BCUT2D eigenvalue weighted by atomic mass is 16.6. The molecule has 0 spiro atoms. The zero-order valence-electron chi connectivity index (χ0n) is 22.0. The van der Waals surface area contributed by atoms with Crippen molar-refractivity contribution in [1.82, 2.24) is 4.90 Å². The molecule has 0 radical (unpaired) electrons. The summed E-state index contributed by atoms with van der Waals surface area (Å²) in [7, 11) is 0. The van der Waals surface area contributed by atoms with Crippen LogP contribution in [0, 0.1) is 5.92 Å². The topological polar surface area (TPSA) is 49.8 Å². The molecule has 0 heterocycles. The molecule has 1 saturated carbocycles. The lowest BCUT2D eigenvalue weighted by atomic mass is 9.83. The minimum atomic E-state index is -0.530. The van der Waals surface area contributed by atoms with Crippen LogP contribution in [0.25, 0.3) is 0 Å². The summed E-state index contributed by atoms with van der Waals surface area (Å²) in [6.45, 7) is 7.17. The van der Waals surface area contributed by atoms with E-state index in [1.165, 1.54) is 30.4 Å². The first-order chi connectivity index (χ1) is 16.8. The smallest absolute Gasteiger partial charge is 0.323 e. The minimum absolute atomic E-state index is 0.155. The van der Waals surface area contributed by atoms with Gasteiger partial charge >= 0.3 is 5.97 Å². The molecule has 0 bridgehead atoms. The first-order valence-corrected chi connectivity index (χ1v) is 13.5. The summed E-state index contributed by atoms with van der Waals surface area (Å²) >= 11 is 0. The number of carbonyl (C=O) groups is 1. The normalized spacial score (nSPS) is 16.7. The molecule has 2 aromatic carbocycles. The van der Waals surface area contributed by atoms with Crippen molar-refractivity contribution in [3.8, 4) is 0 Å². The second kappa shape index (κ2) is 13.8. The van der Waals surface area contributed by atoms with E-state index < -0.39 is 5.60 Å². The van der Waals surface area contributed by atoms with Crippen molar-refractivity contribution in [1.29, 1.82) is 0 Å². The molecular formula is C31H45NO3. The van der Waals surface area contributed by atoms with Crippen LogP contribution in [0.4, 0.5) is 0 Å². The van der Waals surface area contributed by atoms with Crippen LogP contribution in [0.15, 0.2) is 60.7 Å². The predicted molar refractivity (Wildman–Crippen MR) is 143 cm³/mol. The number of hydrogen-bond donors (Lipinski definition) is 1. The Labute approximate surface area is 212 Å². The molecule has 192 valence electrons. The Balaban J connectivity index is 1.70. The number of carbonyl (C=O) groups excluding carboxylic acids is 1. The number of rotatable bonds is 12. The van der Waals surface area contributed by atoms with E-state index in [0.29, 0.717) is 19.0 Å². The van der Waals surface area contributed by atoms with Gasteiger partial charge in [-0.25, -0.2) is 0 Å². The molecule has 0 amide bonds. The van der Waals surface area contributed by atoms with E-state index in [1.807, 2.05) is 57.2 Å². The van der Waals surface area contributed by atoms with Crippen LogP contribution in [-0.4, -0.2) is 33.7 Å². The van der Waals surface area contributed by atoms with Crippen molar-refractivity contribution in [3.05, 3.63) is 71.8 Å². The lowest BCUT2D eigenvalue weighted by molar-refractivity contribution is -0.162. The number of ether oxygens (including phenoxy) is 1. The zero-order chi connectivity index (χ0) is 25.1. The first-order valence-electron chi connectivity index (χ1n) is 13.5. The molecule has 35 heavy (non-hydrogen) atoms. The van der Waals surface area contributed by atoms with Gasteiger partial charge in [0.05, 0.1) is 6.10 Å². The van der Waals surface area contributed by atoms with Gasteiger partial charge in [-0.05, 0) is 63.5 Å². The van der Waals surface area contributed by atoms with Gasteiger partial charge in [-0.1, -0.05) is 92.8 Å². The average molecular weight is 480 g/mol. The molecule has 0 aliphatic heterocycles. The van der Waals surface area contributed by atoms with E-state index >= 15 is 0 Å². The quantitative estimate of drug-likeness (QED) is 0.266. The molecule has 1 aliphatic carbocycles. The summed E-state index contributed by atoms with van der Waals surface area (Å²) in [5, 5.41) is 10.7. The van der Waals surface area contributed by atoms with E-state index in [0.717, 1.165) is 38.5 Å². The van der Waals surface area contributed by atoms with Crippen LogP contribution in [0.5, 0.6) is 0 Å². The van der Waals surface area contributed by atoms with Crippen molar-refractivity contribution in [3.63, 3.8) is 0 Å². The predicted octanol–water partition coefficient (Wildman–Crippen LogP) is 6.90. The maximum absolute atomic E-state index is 13.4. The molecule has 3 rings (SSSR count). The van der Waals surface area contributed by atoms with Gasteiger partial charge in [0.1, 0.15) is 11.6 Å². The summed E-state index contributed by atoms with van der Waals surface area (Å²) < 4.78 is 5.90. The highest BCUT2D eigenvalue weighted by Gasteiger charge is 2.31. The zero-order valence-corrected chi connectivity index (χ0v) is 22.0. The van der Waals surface area contributed by atoms with Crippen LogP contribution in [0.2, 0.25) is 0 Å². The SMILES string of the molecule is CC(C)(C)OC(=O)C(CCCCC(O)C1CCCCC1)N(Cc1ccccc1)Cc1ccccc1. The van der Waals surface area contributed by atoms with Crippen molar-refractivity contribution in [2.24, 2.45) is 5.92 Å². The fraction of sp³-hybridized carbons (Fsp3) is 0.581. The van der Waals surface area contributed by atoms with Crippen molar-refractivity contribution in [2.45, 2.75) is 109 Å². The summed E-state index contributed by atoms with van der Waals surface area (Å²) in [4.78, 5) is 15.7. The molecule has 0 aromatic heterocycles. The number of unbranched alkanes of at least 4 members (excludes halogenated alkanes) is 1. The van der Waals surface area contributed by atoms with Crippen molar-refractivity contribution < 1.29 is 14.6 Å². The Morgan fingerprint density at radius 1 is 0.886 bits per heavy atom. The molecular weight excluding hydrogens is 434 g/mol. The van der Waals surface area contributed by atoms with Crippen LogP contribution in [0.1, 0.15) is 89.7 Å². The monoisotopic (exact) mass is 479 g/mol. The first kappa shape index (κ1) is 27.4. The fourth-order valence-electron chi connectivity index (χ4n) is 5.18. The second-order valence-corrected chi connectivity index (χ2v) is 11.2. The van der Waals surface area contributed by atoms with Gasteiger partial charge in [-0.15, -0.1) is 0 Å². The van der Waals surface area contributed by atoms with Crippen molar-refractivity contribution >= 4 is 5.97 Å². The van der Waals surface area contributed by atoms with Gasteiger partial charge in [0, 0.05) is 13.1 Å². The van der Waals surface area contributed by atoms with E-state index in [1.54, 1.807) is 0 Å². The highest BCUT2D eigenvalue weighted by Crippen LogP contribution is 2.29. The fourth-order valence-corrected chi connectivity index (χ4v) is 5.18. The number of hydrogen-bond acceptors (Lipinski definition) is 4. The highest BCUT2D eigenvalue weighted by molar-refractivity contribution is 5.76. The summed E-state index contributed by atoms with van der Waals surface area (Å²) in [5.41, 5.74) is 1.84. The Kier molecular flexibility index (Phi) is 10.8. The van der Waals surface area contributed by atoms with Gasteiger partial charge in [-0.3, -0.25) is 9.69 Å². The van der Waals surface area contributed by atoms with Crippen LogP contribution in [0.3, 0.4) is 0 Å². The molecule has 1 N–H and O–H groups in total. The standard InChI is InChI=1S/C31H45NO3/c1-31(2,3)35-30(34)28(21-13-14-22-29(33)27-19-11-6-12-20-27)32(23-25-15-7-4-8-16-25)24-26-17-9-5-10-18-26/h4-5,7-10,15-18,27-29,33H,6,11-14,19-24H2,1-3H3. The molecule has 1 aliphatic rings. The summed E-state index contributed by atoms with van der Waals surface area (Å²) in [6.07, 6.45) is 9.28. The number of benzene rings is 2. The third-order valence-electron chi connectivity index (χ3n) is 7.00. The third kappa shape index (κ3) is 9.77. The van der Waals surface area contributed by atoms with Gasteiger partial charge in [0.2, 0.25) is 0 Å². The maximum Gasteiger partial charge on any atom is 0.323 e. The van der Waals surface area contributed by atoms with Gasteiger partial charge in [0.25, 0.3) is 0 Å².